The van der Waals surface area contributed by atoms with Crippen LogP contribution in [0.5, 0.6) is 0 Å². The SMILES string of the molecule is Bc1nc(C(=O)OCC)c(C#N)[nH]1. The summed E-state index contributed by atoms with van der Waals surface area (Å²) in [5, 5.41) is 8.62. The third kappa shape index (κ3) is 1.88. The summed E-state index contributed by atoms with van der Waals surface area (Å²) in [6.07, 6.45) is 0. The van der Waals surface area contributed by atoms with Crippen molar-refractivity contribution < 1.29 is 9.53 Å². The van der Waals surface area contributed by atoms with Crippen molar-refractivity contribution in [2.24, 2.45) is 0 Å². The zero-order valence-corrected chi connectivity index (χ0v) is 7.42. The number of carbonyl (C=O) groups excluding carboxylic acids is 1. The van der Waals surface area contributed by atoms with E-state index in [1.807, 2.05) is 6.07 Å². The van der Waals surface area contributed by atoms with Crippen molar-refractivity contribution in [3.63, 3.8) is 0 Å². The van der Waals surface area contributed by atoms with Crippen LogP contribution in [0.25, 0.3) is 0 Å². The lowest BCUT2D eigenvalue weighted by atomic mass is 10.1. The van der Waals surface area contributed by atoms with Crippen LogP contribution in [0.4, 0.5) is 0 Å². The van der Waals surface area contributed by atoms with Crippen LogP contribution in [0.1, 0.15) is 23.1 Å². The predicted molar refractivity (Wildman–Crippen MR) is 47.4 cm³/mol. The molecule has 1 rings (SSSR count). The third-order valence-corrected chi connectivity index (χ3v) is 1.40. The highest BCUT2D eigenvalue weighted by molar-refractivity contribution is 6.29. The van der Waals surface area contributed by atoms with Crippen molar-refractivity contribution in [2.75, 3.05) is 6.61 Å². The van der Waals surface area contributed by atoms with E-state index in [0.717, 1.165) is 0 Å². The van der Waals surface area contributed by atoms with Crippen LogP contribution in [0.2, 0.25) is 0 Å². The van der Waals surface area contributed by atoms with Gasteiger partial charge in [0.15, 0.2) is 19.2 Å². The van der Waals surface area contributed by atoms with Crippen LogP contribution >= 0.6 is 0 Å². The molecule has 0 saturated carbocycles. The quantitative estimate of drug-likeness (QED) is 0.450. The lowest BCUT2D eigenvalue weighted by Gasteiger charge is -1.96. The average Bonchev–Trinajstić information content (AvgIpc) is 2.47. The van der Waals surface area contributed by atoms with Crippen molar-refractivity contribution in [3.05, 3.63) is 11.4 Å². The summed E-state index contributed by atoms with van der Waals surface area (Å²) in [5.74, 6) is -0.566. The summed E-state index contributed by atoms with van der Waals surface area (Å²) < 4.78 is 4.71. The minimum atomic E-state index is -0.566. The Labute approximate surface area is 76.1 Å². The molecule has 0 aromatic carbocycles. The molecule has 1 aromatic heterocycles. The molecule has 1 aromatic rings. The third-order valence-electron chi connectivity index (χ3n) is 1.40. The Morgan fingerprint density at radius 3 is 3.08 bits per heavy atom. The molecule has 1 heterocycles. The number of H-pyrrole nitrogens is 1. The number of imidazole rings is 1. The smallest absolute Gasteiger partial charge is 0.359 e. The molecule has 0 unspecified atom stereocenters. The Morgan fingerprint density at radius 1 is 1.85 bits per heavy atom. The van der Waals surface area contributed by atoms with Crippen molar-refractivity contribution >= 4 is 19.5 Å². The minimum absolute atomic E-state index is 0.0573. The molecule has 0 aliphatic heterocycles. The highest BCUT2D eigenvalue weighted by Crippen LogP contribution is 2.01. The van der Waals surface area contributed by atoms with E-state index in [2.05, 4.69) is 9.97 Å². The van der Waals surface area contributed by atoms with E-state index < -0.39 is 5.97 Å². The summed E-state index contributed by atoms with van der Waals surface area (Å²) in [6, 6.07) is 1.84. The number of ether oxygens (including phenoxy) is 1. The summed E-state index contributed by atoms with van der Waals surface area (Å²) in [4.78, 5) is 17.7. The van der Waals surface area contributed by atoms with Gasteiger partial charge in [0.25, 0.3) is 0 Å². The molecular formula is C7H8BN3O2. The topological polar surface area (TPSA) is 78.8 Å². The zero-order valence-electron chi connectivity index (χ0n) is 7.42. The largest absolute Gasteiger partial charge is 0.461 e. The second kappa shape index (κ2) is 3.76. The summed E-state index contributed by atoms with van der Waals surface area (Å²) >= 11 is 0. The first kappa shape index (κ1) is 9.32. The second-order valence-corrected chi connectivity index (χ2v) is 2.38. The second-order valence-electron chi connectivity index (χ2n) is 2.38. The number of nitrogens with one attached hydrogen (secondary N) is 1. The summed E-state index contributed by atoms with van der Waals surface area (Å²) in [5.41, 5.74) is 0.734. The molecule has 0 bridgehead atoms. The van der Waals surface area contributed by atoms with Gasteiger partial charge in [0.1, 0.15) is 6.07 Å². The number of hydrogen-bond donors (Lipinski definition) is 1. The lowest BCUT2D eigenvalue weighted by molar-refractivity contribution is 0.0520. The number of rotatable bonds is 2. The van der Waals surface area contributed by atoms with Crippen molar-refractivity contribution in [1.82, 2.24) is 9.97 Å². The highest BCUT2D eigenvalue weighted by Gasteiger charge is 2.16. The fourth-order valence-electron chi connectivity index (χ4n) is 0.920. The van der Waals surface area contributed by atoms with Gasteiger partial charge in [-0.2, -0.15) is 5.26 Å². The van der Waals surface area contributed by atoms with Gasteiger partial charge < -0.3 is 9.72 Å². The fourth-order valence-corrected chi connectivity index (χ4v) is 0.920. The van der Waals surface area contributed by atoms with E-state index >= 15 is 0 Å². The van der Waals surface area contributed by atoms with Crippen LogP contribution in [-0.2, 0) is 4.74 Å². The van der Waals surface area contributed by atoms with E-state index in [1.54, 1.807) is 14.8 Å². The van der Waals surface area contributed by atoms with Crippen LogP contribution in [0.15, 0.2) is 0 Å². The Morgan fingerprint density at radius 2 is 2.54 bits per heavy atom. The first-order chi connectivity index (χ1) is 6.19. The fraction of sp³-hybridized carbons (Fsp3) is 0.286. The molecule has 66 valence electrons. The van der Waals surface area contributed by atoms with Gasteiger partial charge in [0.2, 0.25) is 0 Å². The molecule has 6 heteroatoms. The standard InChI is InChI=1S/C7H8BN3O2/c1-2-13-6(12)5-4(3-9)10-7(8)11-5/h2,8H2,1H3,(H,10,11). The summed E-state index contributed by atoms with van der Waals surface area (Å²) in [7, 11) is 1.67. The molecule has 0 radical (unpaired) electrons. The van der Waals surface area contributed by atoms with E-state index in [1.165, 1.54) is 0 Å². The molecule has 0 aliphatic carbocycles. The van der Waals surface area contributed by atoms with Gasteiger partial charge in [-0.05, 0) is 6.92 Å². The molecular weight excluding hydrogens is 169 g/mol. The maximum atomic E-state index is 11.2. The van der Waals surface area contributed by atoms with Crippen LogP contribution in [0.3, 0.4) is 0 Å². The predicted octanol–water partition coefficient (Wildman–Crippen LogP) is -1.28. The maximum Gasteiger partial charge on any atom is 0.359 e. The van der Waals surface area contributed by atoms with E-state index in [0.29, 0.717) is 5.72 Å². The Kier molecular flexibility index (Phi) is 2.70. The molecule has 1 N–H and O–H groups in total. The van der Waals surface area contributed by atoms with E-state index in [-0.39, 0.29) is 18.0 Å². The van der Waals surface area contributed by atoms with Gasteiger partial charge in [-0.3, -0.25) is 0 Å². The van der Waals surface area contributed by atoms with Crippen molar-refractivity contribution in [3.8, 4) is 6.07 Å². The highest BCUT2D eigenvalue weighted by atomic mass is 16.5. The van der Waals surface area contributed by atoms with Crippen molar-refractivity contribution in [1.29, 1.82) is 5.26 Å². The Balaban J connectivity index is 3.00. The number of esters is 1. The molecule has 0 saturated heterocycles. The number of aromatic nitrogens is 2. The molecule has 0 atom stereocenters. The molecule has 5 nitrogen and oxygen atoms in total. The van der Waals surface area contributed by atoms with Gasteiger partial charge in [0.05, 0.1) is 12.3 Å². The van der Waals surface area contributed by atoms with Gasteiger partial charge >= 0.3 is 5.97 Å². The lowest BCUT2D eigenvalue weighted by Crippen LogP contribution is -2.10. The molecule has 0 amide bonds. The van der Waals surface area contributed by atoms with E-state index in [9.17, 15) is 4.79 Å². The minimum Gasteiger partial charge on any atom is -0.461 e. The first-order valence-corrected chi connectivity index (χ1v) is 3.82. The molecule has 0 aliphatic rings. The molecule has 0 spiro atoms. The number of hydrogen-bond acceptors (Lipinski definition) is 4. The van der Waals surface area contributed by atoms with Crippen LogP contribution < -0.4 is 5.72 Å². The maximum absolute atomic E-state index is 11.2. The number of carbonyl (C=O) groups is 1. The van der Waals surface area contributed by atoms with Gasteiger partial charge in [0, 0.05) is 0 Å². The van der Waals surface area contributed by atoms with Gasteiger partial charge in [-0.1, -0.05) is 0 Å². The Bertz CT molecular complexity index is 366. The first-order valence-electron chi connectivity index (χ1n) is 3.82. The average molecular weight is 177 g/mol. The monoisotopic (exact) mass is 177 g/mol. The normalized spacial score (nSPS) is 9.23. The zero-order chi connectivity index (χ0) is 9.84. The van der Waals surface area contributed by atoms with Crippen LogP contribution in [-0.4, -0.2) is 30.4 Å². The summed E-state index contributed by atoms with van der Waals surface area (Å²) in [6.45, 7) is 1.97. The number of aromatic amines is 1. The van der Waals surface area contributed by atoms with E-state index in [4.69, 9.17) is 10.00 Å². The van der Waals surface area contributed by atoms with Gasteiger partial charge in [-0.25, -0.2) is 9.78 Å². The van der Waals surface area contributed by atoms with Crippen LogP contribution in [0, 0.1) is 11.3 Å². The number of nitrogens with zero attached hydrogens (tertiary/aromatic N) is 2. The van der Waals surface area contributed by atoms with Crippen molar-refractivity contribution in [2.45, 2.75) is 6.92 Å². The Hall–Kier alpha value is -1.77. The van der Waals surface area contributed by atoms with Gasteiger partial charge in [-0.15, -0.1) is 0 Å². The molecule has 13 heavy (non-hydrogen) atoms. The number of nitriles is 1. The molecule has 0 fully saturated rings.